The smallest absolute Gasteiger partial charge is 0.0931 e. The first kappa shape index (κ1) is 16.0. The van der Waals surface area contributed by atoms with Crippen LogP contribution in [0.25, 0.3) is 0 Å². The van der Waals surface area contributed by atoms with Crippen molar-refractivity contribution in [3.8, 4) is 0 Å². The second-order valence-corrected chi connectivity index (χ2v) is 6.88. The van der Waals surface area contributed by atoms with Gasteiger partial charge in [0.15, 0.2) is 0 Å². The van der Waals surface area contributed by atoms with Crippen LogP contribution in [0.1, 0.15) is 70.2 Å². The largest absolute Gasteiger partial charge is 0.307 e. The van der Waals surface area contributed by atoms with Crippen molar-refractivity contribution in [2.75, 3.05) is 0 Å². The molecule has 1 aromatic heterocycles. The number of hydrogen-bond acceptors (Lipinski definition) is 2. The molecule has 1 N–H and O–H groups in total. The van der Waals surface area contributed by atoms with Crippen LogP contribution in [0.5, 0.6) is 0 Å². The number of thiophene rings is 1. The highest BCUT2D eigenvalue weighted by Gasteiger charge is 2.11. The Morgan fingerprint density at radius 1 is 1.17 bits per heavy atom. The second kappa shape index (κ2) is 8.95. The summed E-state index contributed by atoms with van der Waals surface area (Å²) >= 11 is 7.64. The molecule has 1 heterocycles. The van der Waals surface area contributed by atoms with Gasteiger partial charge in [0.05, 0.1) is 4.34 Å². The van der Waals surface area contributed by atoms with Gasteiger partial charge in [-0.2, -0.15) is 0 Å². The van der Waals surface area contributed by atoms with Gasteiger partial charge in [-0.3, -0.25) is 0 Å². The summed E-state index contributed by atoms with van der Waals surface area (Å²) in [5, 5.41) is 3.65. The molecule has 0 aliphatic heterocycles. The molecule has 0 fully saturated rings. The molecule has 1 aromatic rings. The molecule has 0 saturated heterocycles. The van der Waals surface area contributed by atoms with Crippen LogP contribution in [-0.2, 0) is 0 Å². The van der Waals surface area contributed by atoms with Gasteiger partial charge in [0.25, 0.3) is 0 Å². The Bertz CT molecular complexity index is 324. The molecule has 1 rings (SSSR count). The highest BCUT2D eigenvalue weighted by atomic mass is 35.5. The summed E-state index contributed by atoms with van der Waals surface area (Å²) in [4.78, 5) is 1.33. The molecule has 0 aromatic carbocycles. The third kappa shape index (κ3) is 6.21. The number of nitrogens with one attached hydrogen (secondary N) is 1. The Morgan fingerprint density at radius 2 is 1.89 bits per heavy atom. The van der Waals surface area contributed by atoms with Gasteiger partial charge < -0.3 is 5.32 Å². The van der Waals surface area contributed by atoms with Crippen LogP contribution in [0.3, 0.4) is 0 Å². The van der Waals surface area contributed by atoms with Gasteiger partial charge in [-0.15, -0.1) is 11.3 Å². The lowest BCUT2D eigenvalue weighted by Crippen LogP contribution is -2.28. The molecule has 18 heavy (non-hydrogen) atoms. The molecule has 2 atom stereocenters. The molecule has 104 valence electrons. The van der Waals surface area contributed by atoms with Crippen LogP contribution >= 0.6 is 22.9 Å². The van der Waals surface area contributed by atoms with Crippen LogP contribution in [0, 0.1) is 0 Å². The van der Waals surface area contributed by atoms with E-state index in [9.17, 15) is 0 Å². The zero-order valence-electron chi connectivity index (χ0n) is 11.8. The van der Waals surface area contributed by atoms with Crippen molar-refractivity contribution in [2.24, 2.45) is 0 Å². The van der Waals surface area contributed by atoms with Gasteiger partial charge in [0.1, 0.15) is 0 Å². The van der Waals surface area contributed by atoms with Crippen molar-refractivity contribution in [1.82, 2.24) is 5.32 Å². The SMILES string of the molecule is CCCCCCCC(C)NC(C)c1ccc(Cl)s1. The molecule has 0 amide bonds. The zero-order valence-corrected chi connectivity index (χ0v) is 13.4. The summed E-state index contributed by atoms with van der Waals surface area (Å²) in [6.45, 7) is 6.76. The Kier molecular flexibility index (Phi) is 7.96. The van der Waals surface area contributed by atoms with Crippen LogP contribution in [0.4, 0.5) is 0 Å². The van der Waals surface area contributed by atoms with Crippen molar-refractivity contribution in [1.29, 1.82) is 0 Å². The monoisotopic (exact) mass is 287 g/mol. The second-order valence-electron chi connectivity index (χ2n) is 5.13. The molecule has 0 saturated carbocycles. The molecule has 0 aliphatic carbocycles. The molecule has 0 bridgehead atoms. The van der Waals surface area contributed by atoms with Gasteiger partial charge in [-0.05, 0) is 32.4 Å². The zero-order chi connectivity index (χ0) is 13.4. The minimum Gasteiger partial charge on any atom is -0.307 e. The maximum Gasteiger partial charge on any atom is 0.0931 e. The Balaban J connectivity index is 2.17. The lowest BCUT2D eigenvalue weighted by molar-refractivity contribution is 0.439. The van der Waals surface area contributed by atoms with Gasteiger partial charge in [0, 0.05) is 17.0 Å². The van der Waals surface area contributed by atoms with Crippen molar-refractivity contribution in [2.45, 2.75) is 71.4 Å². The fraction of sp³-hybridized carbons (Fsp3) is 0.733. The number of hydrogen-bond donors (Lipinski definition) is 1. The average molecular weight is 288 g/mol. The van der Waals surface area contributed by atoms with Crippen molar-refractivity contribution < 1.29 is 0 Å². The number of unbranched alkanes of at least 4 members (excludes halogenated alkanes) is 4. The quantitative estimate of drug-likeness (QED) is 0.566. The minimum atomic E-state index is 0.410. The predicted octanol–water partition coefficient (Wildman–Crippen LogP) is 5.80. The van der Waals surface area contributed by atoms with E-state index in [4.69, 9.17) is 11.6 Å². The maximum absolute atomic E-state index is 5.96. The van der Waals surface area contributed by atoms with Gasteiger partial charge in [-0.1, -0.05) is 50.6 Å². The Morgan fingerprint density at radius 3 is 2.50 bits per heavy atom. The molecule has 1 nitrogen and oxygen atoms in total. The predicted molar refractivity (Wildman–Crippen MR) is 83.7 cm³/mol. The summed E-state index contributed by atoms with van der Waals surface area (Å²) < 4.78 is 0.880. The molecular formula is C15H26ClNS. The third-order valence-corrected chi connectivity index (χ3v) is 4.71. The molecule has 0 radical (unpaired) electrons. The number of rotatable bonds is 9. The summed E-state index contributed by atoms with van der Waals surface area (Å²) in [6, 6.07) is 5.10. The van der Waals surface area contributed by atoms with Crippen LogP contribution < -0.4 is 5.32 Å². The molecule has 3 heteroatoms. The summed E-state index contributed by atoms with van der Waals surface area (Å²) in [7, 11) is 0. The Hall–Kier alpha value is -0.0500. The van der Waals surface area contributed by atoms with E-state index in [0.717, 1.165) is 4.34 Å². The first-order chi connectivity index (χ1) is 8.63. The minimum absolute atomic E-state index is 0.410. The molecular weight excluding hydrogens is 262 g/mol. The normalized spacial score (nSPS) is 14.7. The third-order valence-electron chi connectivity index (χ3n) is 3.30. The van der Waals surface area contributed by atoms with E-state index in [1.165, 1.54) is 43.4 Å². The molecule has 0 aliphatic rings. The van der Waals surface area contributed by atoms with E-state index in [1.807, 2.05) is 6.07 Å². The highest BCUT2D eigenvalue weighted by molar-refractivity contribution is 7.16. The fourth-order valence-corrected chi connectivity index (χ4v) is 3.28. The van der Waals surface area contributed by atoms with Crippen molar-refractivity contribution >= 4 is 22.9 Å². The van der Waals surface area contributed by atoms with Crippen molar-refractivity contribution in [3.63, 3.8) is 0 Å². The van der Waals surface area contributed by atoms with Gasteiger partial charge >= 0.3 is 0 Å². The number of halogens is 1. The van der Waals surface area contributed by atoms with E-state index < -0.39 is 0 Å². The Labute approximate surface area is 121 Å². The van der Waals surface area contributed by atoms with Crippen LogP contribution in [-0.4, -0.2) is 6.04 Å². The maximum atomic E-state index is 5.96. The average Bonchev–Trinajstić information content (AvgIpc) is 2.75. The topological polar surface area (TPSA) is 12.0 Å². The summed E-state index contributed by atoms with van der Waals surface area (Å²) in [5.74, 6) is 0. The van der Waals surface area contributed by atoms with Gasteiger partial charge in [-0.25, -0.2) is 0 Å². The fourth-order valence-electron chi connectivity index (χ4n) is 2.21. The highest BCUT2D eigenvalue weighted by Crippen LogP contribution is 2.27. The molecule has 0 spiro atoms. The van der Waals surface area contributed by atoms with E-state index >= 15 is 0 Å². The standard InChI is InChI=1S/C15H26ClNS/c1-4-5-6-7-8-9-12(2)17-13(3)14-10-11-15(16)18-14/h10-13,17H,4-9H2,1-3H3. The lowest BCUT2D eigenvalue weighted by atomic mass is 10.1. The molecule has 2 unspecified atom stereocenters. The van der Waals surface area contributed by atoms with Crippen LogP contribution in [0.2, 0.25) is 4.34 Å². The van der Waals surface area contributed by atoms with Crippen LogP contribution in [0.15, 0.2) is 12.1 Å². The summed E-state index contributed by atoms with van der Waals surface area (Å²) in [5.41, 5.74) is 0. The van der Waals surface area contributed by atoms with E-state index in [1.54, 1.807) is 11.3 Å². The van der Waals surface area contributed by atoms with Crippen molar-refractivity contribution in [3.05, 3.63) is 21.3 Å². The van der Waals surface area contributed by atoms with E-state index in [0.29, 0.717) is 12.1 Å². The van der Waals surface area contributed by atoms with E-state index in [-0.39, 0.29) is 0 Å². The van der Waals surface area contributed by atoms with Gasteiger partial charge in [0.2, 0.25) is 0 Å². The van der Waals surface area contributed by atoms with E-state index in [2.05, 4.69) is 32.2 Å². The first-order valence-corrected chi connectivity index (χ1v) is 8.34. The first-order valence-electron chi connectivity index (χ1n) is 7.14. The summed E-state index contributed by atoms with van der Waals surface area (Å²) in [6.07, 6.45) is 8.08. The lowest BCUT2D eigenvalue weighted by Gasteiger charge is -2.19.